The van der Waals surface area contributed by atoms with Crippen molar-refractivity contribution >= 4 is 9.84 Å². The molecule has 96 valence electrons. The number of rotatable bonds is 3. The number of aromatic nitrogens is 2. The molecule has 0 amide bonds. The first-order valence-electron chi connectivity index (χ1n) is 6.03. The summed E-state index contributed by atoms with van der Waals surface area (Å²) in [5.41, 5.74) is 6.74. The van der Waals surface area contributed by atoms with Crippen molar-refractivity contribution in [3.63, 3.8) is 0 Å². The molecule has 6 heteroatoms. The van der Waals surface area contributed by atoms with Crippen molar-refractivity contribution in [2.45, 2.75) is 44.0 Å². The van der Waals surface area contributed by atoms with Gasteiger partial charge in [-0.3, -0.25) is 0 Å². The normalized spacial score (nSPS) is 25.6. The minimum absolute atomic E-state index is 0.264. The van der Waals surface area contributed by atoms with E-state index in [1.54, 1.807) is 6.33 Å². The average Bonchev–Trinajstić information content (AvgIpc) is 2.76. The number of hydrogen-bond donors (Lipinski definition) is 1. The Morgan fingerprint density at radius 1 is 1.59 bits per heavy atom. The van der Waals surface area contributed by atoms with Crippen LogP contribution in [0.2, 0.25) is 0 Å². The van der Waals surface area contributed by atoms with Crippen LogP contribution in [-0.4, -0.2) is 29.0 Å². The molecule has 0 bridgehead atoms. The molecule has 2 heterocycles. The summed E-state index contributed by atoms with van der Waals surface area (Å²) in [4.78, 5) is 4.20. The van der Waals surface area contributed by atoms with Crippen molar-refractivity contribution in [3.05, 3.63) is 18.2 Å². The second-order valence-electron chi connectivity index (χ2n) is 4.56. The number of nitrogens with zero attached hydrogens (tertiary/aromatic N) is 2. The molecule has 2 atom stereocenters. The number of imidazole rings is 1. The van der Waals surface area contributed by atoms with E-state index >= 15 is 0 Å². The summed E-state index contributed by atoms with van der Waals surface area (Å²) in [5, 5.41) is -0.462. The van der Waals surface area contributed by atoms with Gasteiger partial charge in [-0.2, -0.15) is 0 Å². The molecule has 1 aromatic heterocycles. The van der Waals surface area contributed by atoms with Gasteiger partial charge in [0.25, 0.3) is 0 Å². The fraction of sp³-hybridized carbons (Fsp3) is 0.727. The van der Waals surface area contributed by atoms with Crippen LogP contribution >= 0.6 is 0 Å². The molecule has 1 aromatic rings. The summed E-state index contributed by atoms with van der Waals surface area (Å²) >= 11 is 0. The molecule has 2 N–H and O–H groups in total. The Morgan fingerprint density at radius 3 is 2.94 bits per heavy atom. The van der Waals surface area contributed by atoms with Crippen molar-refractivity contribution < 1.29 is 8.42 Å². The van der Waals surface area contributed by atoms with Gasteiger partial charge in [-0.25, -0.2) is 13.4 Å². The van der Waals surface area contributed by atoms with Crippen LogP contribution in [0.25, 0.3) is 0 Å². The quantitative estimate of drug-likeness (QED) is 0.871. The van der Waals surface area contributed by atoms with Crippen LogP contribution in [0.5, 0.6) is 0 Å². The van der Waals surface area contributed by atoms with Crippen LogP contribution in [0.3, 0.4) is 0 Å². The van der Waals surface area contributed by atoms with Gasteiger partial charge >= 0.3 is 0 Å². The Balaban J connectivity index is 2.21. The van der Waals surface area contributed by atoms with Crippen LogP contribution in [-0.2, 0) is 16.4 Å². The SMILES string of the molecule is CCn1cnc(C(N)C2CCCCS2(=O)=O)c1. The van der Waals surface area contributed by atoms with E-state index in [1.807, 2.05) is 17.7 Å². The van der Waals surface area contributed by atoms with Crippen LogP contribution in [0.1, 0.15) is 37.9 Å². The lowest BCUT2D eigenvalue weighted by molar-refractivity contribution is 0.501. The molecule has 1 aliphatic heterocycles. The Morgan fingerprint density at radius 2 is 2.35 bits per heavy atom. The lowest BCUT2D eigenvalue weighted by Gasteiger charge is -2.26. The number of sulfone groups is 1. The lowest BCUT2D eigenvalue weighted by Crippen LogP contribution is -2.38. The molecule has 1 saturated heterocycles. The van der Waals surface area contributed by atoms with Gasteiger partial charge in [0.15, 0.2) is 9.84 Å². The molecular formula is C11H19N3O2S. The first-order chi connectivity index (χ1) is 8.04. The highest BCUT2D eigenvalue weighted by Crippen LogP contribution is 2.28. The standard InChI is InChI=1S/C11H19N3O2S/c1-2-14-7-9(13-8-14)11(12)10-5-3-4-6-17(10,15)16/h7-8,10-11H,2-6,12H2,1H3. The zero-order valence-electron chi connectivity index (χ0n) is 10.0. The average molecular weight is 257 g/mol. The van der Waals surface area contributed by atoms with Crippen LogP contribution in [0.15, 0.2) is 12.5 Å². The second-order valence-corrected chi connectivity index (χ2v) is 6.90. The van der Waals surface area contributed by atoms with E-state index in [0.29, 0.717) is 12.1 Å². The summed E-state index contributed by atoms with van der Waals surface area (Å²) in [6.45, 7) is 2.82. The van der Waals surface area contributed by atoms with E-state index < -0.39 is 21.1 Å². The molecule has 17 heavy (non-hydrogen) atoms. The predicted octanol–water partition coefficient (Wildman–Crippen LogP) is 0.870. The van der Waals surface area contributed by atoms with Gasteiger partial charge in [-0.1, -0.05) is 6.42 Å². The van der Waals surface area contributed by atoms with Crippen molar-refractivity contribution in [2.24, 2.45) is 5.73 Å². The van der Waals surface area contributed by atoms with E-state index in [4.69, 9.17) is 5.73 Å². The molecule has 5 nitrogen and oxygen atoms in total. The zero-order chi connectivity index (χ0) is 12.5. The second kappa shape index (κ2) is 4.78. The maximum Gasteiger partial charge on any atom is 0.155 e. The lowest BCUT2D eigenvalue weighted by atomic mass is 10.1. The molecule has 0 aromatic carbocycles. The topological polar surface area (TPSA) is 78.0 Å². The van der Waals surface area contributed by atoms with Crippen LogP contribution < -0.4 is 5.73 Å². The van der Waals surface area contributed by atoms with E-state index in [0.717, 1.165) is 19.4 Å². The predicted molar refractivity (Wildman–Crippen MR) is 66.3 cm³/mol. The van der Waals surface area contributed by atoms with E-state index in [9.17, 15) is 8.42 Å². The summed E-state index contributed by atoms with van der Waals surface area (Å²) in [6.07, 6.45) is 5.89. The zero-order valence-corrected chi connectivity index (χ0v) is 10.9. The third-order valence-electron chi connectivity index (χ3n) is 3.39. The van der Waals surface area contributed by atoms with Crippen molar-refractivity contribution in [3.8, 4) is 0 Å². The van der Waals surface area contributed by atoms with Crippen molar-refractivity contribution in [2.75, 3.05) is 5.75 Å². The molecule has 0 radical (unpaired) electrons. The molecular weight excluding hydrogens is 238 g/mol. The number of hydrogen-bond acceptors (Lipinski definition) is 4. The fourth-order valence-electron chi connectivity index (χ4n) is 2.30. The Bertz CT molecular complexity index is 481. The summed E-state index contributed by atoms with van der Waals surface area (Å²) in [7, 11) is -3.04. The smallest absolute Gasteiger partial charge is 0.155 e. The largest absolute Gasteiger partial charge is 0.337 e. The van der Waals surface area contributed by atoms with Gasteiger partial charge < -0.3 is 10.3 Å². The van der Waals surface area contributed by atoms with Gasteiger partial charge in [0.2, 0.25) is 0 Å². The van der Waals surface area contributed by atoms with Crippen molar-refractivity contribution in [1.82, 2.24) is 9.55 Å². The molecule has 0 aliphatic carbocycles. The third-order valence-corrected chi connectivity index (χ3v) is 5.70. The first kappa shape index (κ1) is 12.6. The summed E-state index contributed by atoms with van der Waals surface area (Å²) in [6, 6.07) is -0.493. The molecule has 0 saturated carbocycles. The fourth-order valence-corrected chi connectivity index (χ4v) is 4.32. The van der Waals surface area contributed by atoms with Gasteiger partial charge in [-0.05, 0) is 19.8 Å². The maximum absolute atomic E-state index is 12.0. The minimum atomic E-state index is -3.04. The van der Waals surface area contributed by atoms with Crippen LogP contribution in [0.4, 0.5) is 0 Å². The summed E-state index contributed by atoms with van der Waals surface area (Å²) in [5.74, 6) is 0.264. The van der Waals surface area contributed by atoms with Gasteiger partial charge in [-0.15, -0.1) is 0 Å². The number of nitrogens with two attached hydrogens (primary N) is 1. The van der Waals surface area contributed by atoms with Crippen LogP contribution in [0, 0.1) is 0 Å². The highest BCUT2D eigenvalue weighted by Gasteiger charge is 2.35. The number of aryl methyl sites for hydroxylation is 1. The van der Waals surface area contributed by atoms with E-state index in [2.05, 4.69) is 4.98 Å². The van der Waals surface area contributed by atoms with Gasteiger partial charge in [0, 0.05) is 12.7 Å². The Hall–Kier alpha value is -0.880. The van der Waals surface area contributed by atoms with E-state index in [-0.39, 0.29) is 5.75 Å². The molecule has 0 spiro atoms. The third kappa shape index (κ3) is 2.52. The van der Waals surface area contributed by atoms with Gasteiger partial charge in [0.05, 0.1) is 29.1 Å². The van der Waals surface area contributed by atoms with E-state index in [1.165, 1.54) is 0 Å². The van der Waals surface area contributed by atoms with Gasteiger partial charge in [0.1, 0.15) is 0 Å². The highest BCUT2D eigenvalue weighted by atomic mass is 32.2. The Labute approximate surface area is 102 Å². The molecule has 1 aliphatic rings. The monoisotopic (exact) mass is 257 g/mol. The minimum Gasteiger partial charge on any atom is -0.337 e. The Kier molecular flexibility index (Phi) is 3.53. The highest BCUT2D eigenvalue weighted by molar-refractivity contribution is 7.92. The van der Waals surface area contributed by atoms with Crippen molar-refractivity contribution in [1.29, 1.82) is 0 Å². The first-order valence-corrected chi connectivity index (χ1v) is 7.75. The summed E-state index contributed by atoms with van der Waals surface area (Å²) < 4.78 is 25.8. The molecule has 2 rings (SSSR count). The molecule has 1 fully saturated rings. The molecule has 2 unspecified atom stereocenters. The maximum atomic E-state index is 12.0.